The number of aromatic amines is 1. The largest absolute Gasteiger partial charge is 0.346 e. The fourth-order valence-corrected chi connectivity index (χ4v) is 0.647. The maximum absolute atomic E-state index is 4.08. The van der Waals surface area contributed by atoms with Gasteiger partial charge in [0, 0.05) is 18.3 Å². The van der Waals surface area contributed by atoms with Crippen molar-refractivity contribution in [3.05, 3.63) is 17.7 Å². The zero-order chi connectivity index (χ0) is 5.98. The molecule has 0 saturated heterocycles. The average molecular weight is 127 g/mol. The third kappa shape index (κ3) is 1.85. The van der Waals surface area contributed by atoms with Gasteiger partial charge in [-0.15, -0.1) is 0 Å². The van der Waals surface area contributed by atoms with Crippen LogP contribution in [0.2, 0.25) is 0 Å². The lowest BCUT2D eigenvalue weighted by Crippen LogP contribution is -1.80. The van der Waals surface area contributed by atoms with E-state index in [4.69, 9.17) is 0 Å². The fourth-order valence-electron chi connectivity index (χ4n) is 0.647. The summed E-state index contributed by atoms with van der Waals surface area (Å²) in [5, 5.41) is 0. The Bertz CT molecular complexity index is 169. The summed E-state index contributed by atoms with van der Waals surface area (Å²) in [4.78, 5) is 7.19. The molecule has 0 aliphatic rings. The van der Waals surface area contributed by atoms with Crippen LogP contribution >= 0.6 is 0 Å². The lowest BCUT2D eigenvalue weighted by molar-refractivity contribution is 0.982. The summed E-state index contributed by atoms with van der Waals surface area (Å²) in [5.41, 5.74) is 1.14. The van der Waals surface area contributed by atoms with E-state index in [0.717, 1.165) is 17.9 Å². The van der Waals surface area contributed by atoms with Crippen molar-refractivity contribution in [3.8, 4) is 0 Å². The van der Waals surface area contributed by atoms with Gasteiger partial charge in [-0.05, 0) is 6.92 Å². The molecular weight excluding hydrogens is 114 g/mol. The quantitative estimate of drug-likeness (QED) is 0.599. The molecule has 9 heavy (non-hydrogen) atoms. The van der Waals surface area contributed by atoms with Crippen LogP contribution in [0.25, 0.3) is 0 Å². The predicted molar refractivity (Wildman–Crippen MR) is 37.7 cm³/mol. The van der Waals surface area contributed by atoms with Crippen LogP contribution in [0.1, 0.15) is 18.4 Å². The third-order valence-corrected chi connectivity index (χ3v) is 1.09. The summed E-state index contributed by atoms with van der Waals surface area (Å²) >= 11 is 0. The second-order valence-electron chi connectivity index (χ2n) is 1.87. The first-order chi connectivity index (χ1) is 3.83. The molecule has 1 aromatic rings. The molecule has 0 aromatic carbocycles. The minimum Gasteiger partial charge on any atom is -0.346 e. The Morgan fingerprint density at radius 2 is 2.33 bits per heavy atom. The fraction of sp³-hybridized carbons (Fsp3) is 0.500. The lowest BCUT2D eigenvalue weighted by Gasteiger charge is -1.82. The van der Waals surface area contributed by atoms with Crippen LogP contribution in [0.5, 0.6) is 0 Å². The van der Waals surface area contributed by atoms with Crippen molar-refractivity contribution in [1.29, 1.82) is 0 Å². The normalized spacial score (nSPS) is 8.67. The molecule has 3 nitrogen and oxygen atoms in total. The lowest BCUT2D eigenvalue weighted by atomic mass is 10.5. The standard InChI is InChI=1S/C6H10N2.H3N/c1-3-6-7-4-5(2)8-6;/h4H,3H2,1-2H3,(H,7,8);1H3. The molecule has 0 aliphatic carbocycles. The molecular formula is C6H13N3. The van der Waals surface area contributed by atoms with Crippen LogP contribution < -0.4 is 6.15 Å². The molecule has 1 rings (SSSR count). The minimum atomic E-state index is 0. The zero-order valence-corrected chi connectivity index (χ0v) is 5.94. The number of aryl methyl sites for hydroxylation is 2. The van der Waals surface area contributed by atoms with Gasteiger partial charge in [0.2, 0.25) is 0 Å². The predicted octanol–water partition coefficient (Wildman–Crippen LogP) is 1.44. The van der Waals surface area contributed by atoms with Crippen LogP contribution in [0.4, 0.5) is 0 Å². The maximum Gasteiger partial charge on any atom is 0.105 e. The molecule has 1 aromatic heterocycles. The number of nitrogens with zero attached hydrogens (tertiary/aromatic N) is 1. The highest BCUT2D eigenvalue weighted by atomic mass is 14.9. The van der Waals surface area contributed by atoms with Crippen LogP contribution in [0.3, 0.4) is 0 Å². The highest BCUT2D eigenvalue weighted by Gasteiger charge is 1.89. The van der Waals surface area contributed by atoms with Crippen molar-refractivity contribution in [2.45, 2.75) is 20.3 Å². The number of H-pyrrole nitrogens is 1. The summed E-state index contributed by atoms with van der Waals surface area (Å²) in [6.45, 7) is 4.09. The monoisotopic (exact) mass is 127 g/mol. The van der Waals surface area contributed by atoms with E-state index in [9.17, 15) is 0 Å². The van der Waals surface area contributed by atoms with E-state index in [2.05, 4.69) is 16.9 Å². The smallest absolute Gasteiger partial charge is 0.105 e. The van der Waals surface area contributed by atoms with E-state index in [1.54, 1.807) is 0 Å². The van der Waals surface area contributed by atoms with Crippen LogP contribution in [-0.4, -0.2) is 9.97 Å². The van der Waals surface area contributed by atoms with Crippen molar-refractivity contribution < 1.29 is 0 Å². The number of imidazole rings is 1. The van der Waals surface area contributed by atoms with Crippen LogP contribution in [-0.2, 0) is 6.42 Å². The zero-order valence-electron chi connectivity index (χ0n) is 5.94. The van der Waals surface area contributed by atoms with E-state index in [1.807, 2.05) is 13.1 Å². The molecule has 52 valence electrons. The van der Waals surface area contributed by atoms with Gasteiger partial charge in [-0.2, -0.15) is 0 Å². The van der Waals surface area contributed by atoms with Crippen molar-refractivity contribution >= 4 is 0 Å². The van der Waals surface area contributed by atoms with Gasteiger partial charge in [0.1, 0.15) is 5.82 Å². The first-order valence-corrected chi connectivity index (χ1v) is 2.83. The summed E-state index contributed by atoms with van der Waals surface area (Å²) < 4.78 is 0. The first-order valence-electron chi connectivity index (χ1n) is 2.83. The van der Waals surface area contributed by atoms with Gasteiger partial charge in [-0.3, -0.25) is 0 Å². The van der Waals surface area contributed by atoms with Crippen LogP contribution in [0, 0.1) is 6.92 Å². The Kier molecular flexibility index (Phi) is 2.95. The SMILES string of the molecule is CCc1ncc(C)[nH]1.N. The summed E-state index contributed by atoms with van der Waals surface area (Å²) in [6, 6.07) is 0. The Balaban J connectivity index is 0.000000640. The van der Waals surface area contributed by atoms with Gasteiger partial charge >= 0.3 is 0 Å². The molecule has 0 atom stereocenters. The summed E-state index contributed by atoms with van der Waals surface area (Å²) in [6.07, 6.45) is 2.84. The molecule has 0 aliphatic heterocycles. The Labute approximate surface area is 55.1 Å². The second-order valence-corrected chi connectivity index (χ2v) is 1.87. The average Bonchev–Trinajstić information content (AvgIpc) is 2.14. The summed E-state index contributed by atoms with van der Waals surface area (Å²) in [7, 11) is 0. The Morgan fingerprint density at radius 3 is 2.56 bits per heavy atom. The van der Waals surface area contributed by atoms with Gasteiger partial charge in [0.25, 0.3) is 0 Å². The Morgan fingerprint density at radius 1 is 1.67 bits per heavy atom. The van der Waals surface area contributed by atoms with Gasteiger partial charge in [-0.1, -0.05) is 6.92 Å². The van der Waals surface area contributed by atoms with Gasteiger partial charge < -0.3 is 11.1 Å². The number of hydrogen-bond acceptors (Lipinski definition) is 2. The first kappa shape index (κ1) is 8.17. The summed E-state index contributed by atoms with van der Waals surface area (Å²) in [5.74, 6) is 1.07. The van der Waals surface area contributed by atoms with E-state index in [-0.39, 0.29) is 6.15 Å². The van der Waals surface area contributed by atoms with Gasteiger partial charge in [0.15, 0.2) is 0 Å². The third-order valence-electron chi connectivity index (χ3n) is 1.09. The molecule has 0 fully saturated rings. The number of nitrogens with one attached hydrogen (secondary N) is 1. The van der Waals surface area contributed by atoms with E-state index in [0.29, 0.717) is 0 Å². The van der Waals surface area contributed by atoms with Crippen molar-refractivity contribution in [2.75, 3.05) is 0 Å². The minimum absolute atomic E-state index is 0. The molecule has 0 unspecified atom stereocenters. The van der Waals surface area contributed by atoms with E-state index < -0.39 is 0 Å². The van der Waals surface area contributed by atoms with Crippen molar-refractivity contribution in [2.24, 2.45) is 0 Å². The molecule has 0 amide bonds. The van der Waals surface area contributed by atoms with Crippen LogP contribution in [0.15, 0.2) is 6.20 Å². The molecule has 3 heteroatoms. The highest BCUT2D eigenvalue weighted by Crippen LogP contribution is 1.93. The van der Waals surface area contributed by atoms with Gasteiger partial charge in [0.05, 0.1) is 0 Å². The van der Waals surface area contributed by atoms with Gasteiger partial charge in [-0.25, -0.2) is 4.98 Å². The molecule has 0 bridgehead atoms. The number of hydrogen-bond donors (Lipinski definition) is 2. The molecule has 0 radical (unpaired) electrons. The Hall–Kier alpha value is -0.830. The molecule has 4 N–H and O–H groups in total. The van der Waals surface area contributed by atoms with Crippen molar-refractivity contribution in [3.63, 3.8) is 0 Å². The molecule has 1 heterocycles. The van der Waals surface area contributed by atoms with Crippen molar-refractivity contribution in [1.82, 2.24) is 16.1 Å². The highest BCUT2D eigenvalue weighted by molar-refractivity contribution is 4.97. The topological polar surface area (TPSA) is 63.7 Å². The number of rotatable bonds is 1. The molecule has 0 saturated carbocycles. The van der Waals surface area contributed by atoms with E-state index >= 15 is 0 Å². The number of aromatic nitrogens is 2. The van der Waals surface area contributed by atoms with E-state index in [1.165, 1.54) is 0 Å². The second kappa shape index (κ2) is 3.25. The maximum atomic E-state index is 4.08. The molecule has 0 spiro atoms.